The summed E-state index contributed by atoms with van der Waals surface area (Å²) in [5, 5.41) is 0. The molecule has 5 nitrogen and oxygen atoms in total. The summed E-state index contributed by atoms with van der Waals surface area (Å²) >= 11 is 0. The molecule has 3 atom stereocenters. The summed E-state index contributed by atoms with van der Waals surface area (Å²) < 4.78 is 0. The Bertz CT molecular complexity index is 905. The molecule has 0 saturated carbocycles. The van der Waals surface area contributed by atoms with E-state index >= 15 is 0 Å². The van der Waals surface area contributed by atoms with Gasteiger partial charge in [0.1, 0.15) is 6.04 Å². The maximum Gasteiger partial charge on any atom is 0.246 e. The van der Waals surface area contributed by atoms with Gasteiger partial charge in [0, 0.05) is 7.05 Å². The van der Waals surface area contributed by atoms with Crippen LogP contribution in [-0.2, 0) is 14.4 Å². The number of amides is 3. The Kier molecular flexibility index (Phi) is 5.53. The molecule has 0 aromatic heterocycles. The van der Waals surface area contributed by atoms with E-state index in [1.165, 1.54) is 4.90 Å². The van der Waals surface area contributed by atoms with E-state index in [9.17, 15) is 14.4 Å². The van der Waals surface area contributed by atoms with Crippen molar-refractivity contribution in [1.29, 1.82) is 0 Å². The van der Waals surface area contributed by atoms with Crippen LogP contribution in [-0.4, -0.2) is 40.6 Å². The minimum Gasteiger partial charge on any atom is -0.333 e. The fourth-order valence-corrected chi connectivity index (χ4v) is 4.65. The Hall–Kier alpha value is -3.21. The summed E-state index contributed by atoms with van der Waals surface area (Å²) in [4.78, 5) is 42.2. The quantitative estimate of drug-likeness (QED) is 0.567. The van der Waals surface area contributed by atoms with Gasteiger partial charge in [-0.2, -0.15) is 0 Å². The zero-order valence-electron chi connectivity index (χ0n) is 17.3. The van der Waals surface area contributed by atoms with Crippen LogP contribution in [0.3, 0.4) is 0 Å². The van der Waals surface area contributed by atoms with E-state index in [0.717, 1.165) is 11.1 Å². The van der Waals surface area contributed by atoms with E-state index in [1.807, 2.05) is 72.8 Å². The van der Waals surface area contributed by atoms with E-state index in [2.05, 4.69) is 0 Å². The number of fused-ring (bicyclic) bond motifs is 1. The summed E-state index contributed by atoms with van der Waals surface area (Å²) in [6.07, 6.45) is 5.04. The van der Waals surface area contributed by atoms with Crippen LogP contribution in [0.1, 0.15) is 36.9 Å². The van der Waals surface area contributed by atoms with Crippen LogP contribution in [0.15, 0.2) is 72.8 Å². The van der Waals surface area contributed by atoms with Gasteiger partial charge in [-0.15, -0.1) is 0 Å². The van der Waals surface area contributed by atoms with Crippen molar-refractivity contribution in [2.45, 2.75) is 31.8 Å². The van der Waals surface area contributed by atoms with Crippen LogP contribution < -0.4 is 0 Å². The lowest BCUT2D eigenvalue weighted by molar-refractivity contribution is -0.151. The number of carbonyl (C=O) groups is 3. The van der Waals surface area contributed by atoms with Gasteiger partial charge in [-0.1, -0.05) is 72.8 Å². The topological polar surface area (TPSA) is 57.7 Å². The predicted octanol–water partition coefficient (Wildman–Crippen LogP) is 3.57. The van der Waals surface area contributed by atoms with Crippen molar-refractivity contribution in [3.8, 4) is 0 Å². The highest BCUT2D eigenvalue weighted by Gasteiger charge is 2.50. The van der Waals surface area contributed by atoms with Gasteiger partial charge >= 0.3 is 0 Å². The molecular formula is C25H26N2O3. The average Bonchev–Trinajstić information content (AvgIpc) is 3.04. The third-order valence-electron chi connectivity index (χ3n) is 6.25. The minimum absolute atomic E-state index is 0.223. The highest BCUT2D eigenvalue weighted by Crippen LogP contribution is 2.37. The molecule has 0 bridgehead atoms. The summed E-state index contributed by atoms with van der Waals surface area (Å²) in [5.74, 6) is -1.36. The second-order valence-corrected chi connectivity index (χ2v) is 8.05. The second kappa shape index (κ2) is 8.27. The SMILES string of the molecule is C[C@H](C(=O)N(C)C(c1ccccc1)c1ccccc1)N1C(=O)C2CC=CCC2C1=O. The Morgan fingerprint density at radius 1 is 0.867 bits per heavy atom. The predicted molar refractivity (Wildman–Crippen MR) is 114 cm³/mol. The highest BCUT2D eigenvalue weighted by molar-refractivity contribution is 6.08. The van der Waals surface area contributed by atoms with Crippen molar-refractivity contribution < 1.29 is 14.4 Å². The van der Waals surface area contributed by atoms with Gasteiger partial charge in [0.05, 0.1) is 17.9 Å². The Morgan fingerprint density at radius 2 is 1.30 bits per heavy atom. The number of imide groups is 1. The molecule has 2 aromatic rings. The number of carbonyl (C=O) groups excluding carboxylic acids is 3. The van der Waals surface area contributed by atoms with Crippen molar-refractivity contribution in [1.82, 2.24) is 9.80 Å². The van der Waals surface area contributed by atoms with Gasteiger partial charge in [-0.25, -0.2) is 0 Å². The molecule has 3 amide bonds. The van der Waals surface area contributed by atoms with Crippen molar-refractivity contribution in [3.63, 3.8) is 0 Å². The lowest BCUT2D eigenvalue weighted by Crippen LogP contribution is -2.49. The van der Waals surface area contributed by atoms with Gasteiger partial charge in [0.25, 0.3) is 0 Å². The van der Waals surface area contributed by atoms with Crippen LogP contribution in [0.4, 0.5) is 0 Å². The molecule has 1 heterocycles. The number of hydrogen-bond acceptors (Lipinski definition) is 3. The first kappa shape index (κ1) is 20.1. The summed E-state index contributed by atoms with van der Waals surface area (Å²) in [6.45, 7) is 1.66. The highest BCUT2D eigenvalue weighted by atomic mass is 16.2. The molecule has 0 N–H and O–H groups in total. The number of likely N-dealkylation sites (N-methyl/N-ethyl adjacent to an activating group) is 1. The van der Waals surface area contributed by atoms with E-state index in [-0.39, 0.29) is 35.6 Å². The third-order valence-corrected chi connectivity index (χ3v) is 6.25. The Balaban J connectivity index is 1.62. The van der Waals surface area contributed by atoms with Gasteiger partial charge in [0.2, 0.25) is 17.7 Å². The molecule has 2 aliphatic rings. The largest absolute Gasteiger partial charge is 0.333 e. The number of benzene rings is 2. The van der Waals surface area contributed by atoms with Crippen LogP contribution >= 0.6 is 0 Å². The number of allylic oxidation sites excluding steroid dienone is 2. The van der Waals surface area contributed by atoms with Gasteiger partial charge in [0.15, 0.2) is 0 Å². The first-order chi connectivity index (χ1) is 14.5. The zero-order chi connectivity index (χ0) is 21.3. The third kappa shape index (κ3) is 3.45. The molecule has 5 heteroatoms. The summed E-state index contributed by atoms with van der Waals surface area (Å²) in [6, 6.07) is 18.4. The molecule has 2 aromatic carbocycles. The van der Waals surface area contributed by atoms with Crippen molar-refractivity contribution in [3.05, 3.63) is 83.9 Å². The van der Waals surface area contributed by atoms with E-state index in [4.69, 9.17) is 0 Å². The first-order valence-electron chi connectivity index (χ1n) is 10.4. The van der Waals surface area contributed by atoms with Gasteiger partial charge in [-0.05, 0) is 30.9 Å². The smallest absolute Gasteiger partial charge is 0.246 e. The normalized spacial score (nSPS) is 21.6. The fourth-order valence-electron chi connectivity index (χ4n) is 4.65. The Labute approximate surface area is 177 Å². The molecule has 154 valence electrons. The number of likely N-dealkylation sites (tertiary alicyclic amines) is 1. The molecule has 4 rings (SSSR count). The zero-order valence-corrected chi connectivity index (χ0v) is 17.3. The minimum atomic E-state index is -0.837. The van der Waals surface area contributed by atoms with Crippen molar-refractivity contribution in [2.75, 3.05) is 7.05 Å². The second-order valence-electron chi connectivity index (χ2n) is 8.05. The molecular weight excluding hydrogens is 376 g/mol. The lowest BCUT2D eigenvalue weighted by Gasteiger charge is -2.33. The van der Waals surface area contributed by atoms with Crippen molar-refractivity contribution in [2.24, 2.45) is 11.8 Å². The maximum atomic E-state index is 13.5. The molecule has 1 fully saturated rings. The molecule has 1 saturated heterocycles. The van der Waals surface area contributed by atoms with Crippen molar-refractivity contribution >= 4 is 17.7 Å². The fraction of sp³-hybridized carbons (Fsp3) is 0.320. The average molecular weight is 402 g/mol. The summed E-state index contributed by atoms with van der Waals surface area (Å²) in [7, 11) is 1.74. The van der Waals surface area contributed by atoms with Crippen LogP contribution in [0.25, 0.3) is 0 Å². The molecule has 30 heavy (non-hydrogen) atoms. The first-order valence-corrected chi connectivity index (χ1v) is 10.4. The maximum absolute atomic E-state index is 13.5. The van der Waals surface area contributed by atoms with Gasteiger partial charge < -0.3 is 4.90 Å². The monoisotopic (exact) mass is 402 g/mol. The number of hydrogen-bond donors (Lipinski definition) is 0. The Morgan fingerprint density at radius 3 is 1.73 bits per heavy atom. The lowest BCUT2D eigenvalue weighted by atomic mass is 9.85. The van der Waals surface area contributed by atoms with E-state index in [0.29, 0.717) is 12.8 Å². The van der Waals surface area contributed by atoms with Crippen LogP contribution in [0.2, 0.25) is 0 Å². The molecule has 0 spiro atoms. The van der Waals surface area contributed by atoms with Crippen LogP contribution in [0, 0.1) is 11.8 Å². The number of nitrogens with zero attached hydrogens (tertiary/aromatic N) is 2. The molecule has 2 unspecified atom stereocenters. The van der Waals surface area contributed by atoms with E-state index < -0.39 is 6.04 Å². The molecule has 1 aliphatic heterocycles. The number of rotatable bonds is 5. The summed E-state index contributed by atoms with van der Waals surface area (Å²) in [5.41, 5.74) is 1.95. The van der Waals surface area contributed by atoms with Gasteiger partial charge in [-0.3, -0.25) is 19.3 Å². The molecule has 1 aliphatic carbocycles. The van der Waals surface area contributed by atoms with Crippen LogP contribution in [0.5, 0.6) is 0 Å². The van der Waals surface area contributed by atoms with E-state index in [1.54, 1.807) is 18.9 Å². The molecule has 0 radical (unpaired) electrons. The standard InChI is InChI=1S/C25H26N2O3/c1-17(27-24(29)20-15-9-10-16-21(20)25(27)30)23(28)26(2)22(18-11-5-3-6-12-18)19-13-7-4-8-14-19/h3-14,17,20-22H,15-16H2,1-2H3/t17-,20?,21?/m1/s1.